The van der Waals surface area contributed by atoms with Gasteiger partial charge in [-0.25, -0.2) is 18.0 Å². The Morgan fingerprint density at radius 2 is 1.45 bits per heavy atom. The molecular formula is C22H21N3O5S. The number of hydrogen-bond acceptors (Lipinski definition) is 5. The van der Waals surface area contributed by atoms with Gasteiger partial charge < -0.3 is 15.4 Å². The normalized spacial score (nSPS) is 10.8. The number of ether oxygens (including phenoxy) is 1. The van der Waals surface area contributed by atoms with Crippen LogP contribution in [0.3, 0.4) is 0 Å². The molecule has 0 aliphatic rings. The molecule has 3 N–H and O–H groups in total. The van der Waals surface area contributed by atoms with E-state index in [0.717, 1.165) is 0 Å². The highest BCUT2D eigenvalue weighted by Crippen LogP contribution is 2.23. The second kappa shape index (κ2) is 9.31. The van der Waals surface area contributed by atoms with Crippen molar-refractivity contribution in [1.29, 1.82) is 0 Å². The summed E-state index contributed by atoms with van der Waals surface area (Å²) in [7, 11) is -2.76. The monoisotopic (exact) mass is 439 g/mol. The lowest BCUT2D eigenvalue weighted by Crippen LogP contribution is -2.19. The second-order valence-corrected chi connectivity index (χ2v) is 8.25. The first-order chi connectivity index (χ1) is 14.8. The first kappa shape index (κ1) is 21.8. The Morgan fingerprint density at radius 3 is 2.16 bits per heavy atom. The number of esters is 1. The number of carbonyl (C=O) groups excluding carboxylic acids is 2. The van der Waals surface area contributed by atoms with Gasteiger partial charge in [-0.2, -0.15) is 0 Å². The van der Waals surface area contributed by atoms with Crippen LogP contribution in [0, 0.1) is 6.92 Å². The summed E-state index contributed by atoms with van der Waals surface area (Å²) in [5.41, 5.74) is 1.87. The fourth-order valence-electron chi connectivity index (χ4n) is 2.82. The molecule has 9 heteroatoms. The molecule has 0 fully saturated rings. The predicted molar refractivity (Wildman–Crippen MR) is 119 cm³/mol. The van der Waals surface area contributed by atoms with Gasteiger partial charge in [-0.3, -0.25) is 4.72 Å². The van der Waals surface area contributed by atoms with Gasteiger partial charge in [-0.05, 0) is 55.0 Å². The number of urea groups is 1. The summed E-state index contributed by atoms with van der Waals surface area (Å²) >= 11 is 0. The topological polar surface area (TPSA) is 114 Å². The number of anilines is 3. The zero-order valence-corrected chi connectivity index (χ0v) is 17.7. The molecule has 3 aromatic carbocycles. The molecule has 0 atom stereocenters. The van der Waals surface area contributed by atoms with Gasteiger partial charge in [0.2, 0.25) is 0 Å². The fraction of sp³-hybridized carbons (Fsp3) is 0.0909. The number of amides is 2. The molecule has 0 radical (unpaired) electrons. The molecule has 31 heavy (non-hydrogen) atoms. The fourth-order valence-corrected chi connectivity index (χ4v) is 4.14. The molecular weight excluding hydrogens is 418 g/mol. The maximum Gasteiger partial charge on any atom is 0.337 e. The minimum absolute atomic E-state index is 0.0458. The Labute approximate surface area is 180 Å². The second-order valence-electron chi connectivity index (χ2n) is 6.60. The van der Waals surface area contributed by atoms with Gasteiger partial charge in [-0.15, -0.1) is 0 Å². The number of sulfonamides is 1. The van der Waals surface area contributed by atoms with E-state index in [2.05, 4.69) is 20.1 Å². The number of benzene rings is 3. The van der Waals surface area contributed by atoms with Gasteiger partial charge in [0.25, 0.3) is 10.0 Å². The van der Waals surface area contributed by atoms with Gasteiger partial charge in [0, 0.05) is 11.4 Å². The molecule has 160 valence electrons. The minimum Gasteiger partial charge on any atom is -0.465 e. The summed E-state index contributed by atoms with van der Waals surface area (Å²) in [5.74, 6) is -0.632. The highest BCUT2D eigenvalue weighted by molar-refractivity contribution is 7.92. The number of rotatable bonds is 6. The molecule has 0 saturated heterocycles. The molecule has 2 amide bonds. The Morgan fingerprint density at radius 1 is 0.806 bits per heavy atom. The number of aryl methyl sites for hydroxylation is 1. The molecule has 0 spiro atoms. The molecule has 0 unspecified atom stereocenters. The highest BCUT2D eigenvalue weighted by Gasteiger charge is 2.20. The molecule has 8 nitrogen and oxygen atoms in total. The quantitative estimate of drug-likeness (QED) is 0.498. The summed E-state index contributed by atoms with van der Waals surface area (Å²) in [5, 5.41) is 5.33. The summed E-state index contributed by atoms with van der Waals surface area (Å²) in [6.45, 7) is 1.63. The summed E-state index contributed by atoms with van der Waals surface area (Å²) < 4.78 is 32.9. The van der Waals surface area contributed by atoms with Crippen molar-refractivity contribution in [2.24, 2.45) is 0 Å². The van der Waals surface area contributed by atoms with Crippen molar-refractivity contribution in [3.8, 4) is 0 Å². The molecule has 0 aliphatic carbocycles. The standard InChI is InChI=1S/C22H21N3O5S/c1-15-11-12-16(21(26)30-2)13-20(15)31(28,29)25-19-10-6-9-18(14-19)24-22(27)23-17-7-4-3-5-8-17/h3-14,25H,1-2H3,(H2,23,24,27). The maximum atomic E-state index is 12.9. The number of methoxy groups -OCH3 is 1. The van der Waals surface area contributed by atoms with Crippen molar-refractivity contribution in [1.82, 2.24) is 0 Å². The van der Waals surface area contributed by atoms with Crippen LogP contribution in [0.4, 0.5) is 21.9 Å². The van der Waals surface area contributed by atoms with Crippen LogP contribution in [-0.4, -0.2) is 27.5 Å². The smallest absolute Gasteiger partial charge is 0.337 e. The lowest BCUT2D eigenvalue weighted by molar-refractivity contribution is 0.0600. The van der Waals surface area contributed by atoms with E-state index in [0.29, 0.717) is 16.9 Å². The number of carbonyl (C=O) groups is 2. The Kier molecular flexibility index (Phi) is 6.56. The van der Waals surface area contributed by atoms with Crippen LogP contribution in [0.2, 0.25) is 0 Å². The predicted octanol–water partition coefficient (Wildman–Crippen LogP) is 4.23. The maximum absolute atomic E-state index is 12.9. The van der Waals surface area contributed by atoms with E-state index in [-0.39, 0.29) is 16.1 Å². The summed E-state index contributed by atoms with van der Waals surface area (Å²) in [6, 6.07) is 19.0. The van der Waals surface area contributed by atoms with Crippen molar-refractivity contribution in [3.63, 3.8) is 0 Å². The van der Waals surface area contributed by atoms with Crippen molar-refractivity contribution in [2.45, 2.75) is 11.8 Å². The van der Waals surface area contributed by atoms with Gasteiger partial charge >= 0.3 is 12.0 Å². The van der Waals surface area contributed by atoms with Crippen LogP contribution in [0.15, 0.2) is 77.7 Å². The molecule has 0 saturated carbocycles. The van der Waals surface area contributed by atoms with E-state index in [4.69, 9.17) is 0 Å². The molecule has 0 aromatic heterocycles. The van der Waals surface area contributed by atoms with Crippen molar-refractivity contribution in [2.75, 3.05) is 22.5 Å². The van der Waals surface area contributed by atoms with Crippen LogP contribution in [0.1, 0.15) is 15.9 Å². The Hall–Kier alpha value is -3.85. The number of hydrogen-bond donors (Lipinski definition) is 3. The Balaban J connectivity index is 1.77. The van der Waals surface area contributed by atoms with Gasteiger partial charge in [0.1, 0.15) is 0 Å². The Bertz CT molecular complexity index is 1210. The van der Waals surface area contributed by atoms with Crippen molar-refractivity contribution in [3.05, 3.63) is 83.9 Å². The number of nitrogens with one attached hydrogen (secondary N) is 3. The van der Waals surface area contributed by atoms with Gasteiger partial charge in [0.15, 0.2) is 0 Å². The van der Waals surface area contributed by atoms with E-state index in [9.17, 15) is 18.0 Å². The van der Waals surface area contributed by atoms with Crippen LogP contribution >= 0.6 is 0 Å². The molecule has 3 rings (SSSR count). The average molecular weight is 439 g/mol. The summed E-state index contributed by atoms with van der Waals surface area (Å²) in [4.78, 5) is 23.9. The average Bonchev–Trinajstić information content (AvgIpc) is 2.74. The third kappa shape index (κ3) is 5.61. The van der Waals surface area contributed by atoms with Crippen LogP contribution < -0.4 is 15.4 Å². The molecule has 3 aromatic rings. The first-order valence-electron chi connectivity index (χ1n) is 9.23. The molecule has 0 bridgehead atoms. The van der Waals surface area contributed by atoms with E-state index >= 15 is 0 Å². The lowest BCUT2D eigenvalue weighted by atomic mass is 10.1. The van der Waals surface area contributed by atoms with E-state index in [1.165, 1.54) is 31.4 Å². The zero-order chi connectivity index (χ0) is 22.4. The van der Waals surface area contributed by atoms with E-state index in [1.807, 2.05) is 6.07 Å². The minimum atomic E-state index is -3.99. The zero-order valence-electron chi connectivity index (χ0n) is 16.9. The number of para-hydroxylation sites is 1. The van der Waals surface area contributed by atoms with E-state index in [1.54, 1.807) is 49.4 Å². The molecule has 0 heterocycles. The van der Waals surface area contributed by atoms with Crippen LogP contribution in [-0.2, 0) is 14.8 Å². The van der Waals surface area contributed by atoms with Crippen LogP contribution in [0.5, 0.6) is 0 Å². The first-order valence-corrected chi connectivity index (χ1v) is 10.7. The van der Waals surface area contributed by atoms with Crippen LogP contribution in [0.25, 0.3) is 0 Å². The van der Waals surface area contributed by atoms with E-state index < -0.39 is 22.0 Å². The van der Waals surface area contributed by atoms with Crippen molar-refractivity contribution < 1.29 is 22.7 Å². The summed E-state index contributed by atoms with van der Waals surface area (Å²) in [6.07, 6.45) is 0. The SMILES string of the molecule is COC(=O)c1ccc(C)c(S(=O)(=O)Nc2cccc(NC(=O)Nc3ccccc3)c2)c1. The lowest BCUT2D eigenvalue weighted by Gasteiger charge is -2.13. The van der Waals surface area contributed by atoms with Gasteiger partial charge in [0.05, 0.1) is 23.3 Å². The third-order valence-electron chi connectivity index (χ3n) is 4.30. The highest BCUT2D eigenvalue weighted by atomic mass is 32.2. The van der Waals surface area contributed by atoms with Gasteiger partial charge in [-0.1, -0.05) is 30.3 Å². The third-order valence-corrected chi connectivity index (χ3v) is 5.83. The van der Waals surface area contributed by atoms with Crippen molar-refractivity contribution >= 4 is 39.1 Å². The molecule has 0 aliphatic heterocycles. The largest absolute Gasteiger partial charge is 0.465 e.